The minimum absolute atomic E-state index is 0.450. The van der Waals surface area contributed by atoms with Gasteiger partial charge in [-0.3, -0.25) is 9.97 Å². The topological polar surface area (TPSA) is 64.7 Å². The minimum Gasteiger partial charge on any atom is -0.334 e. The van der Waals surface area contributed by atoms with Gasteiger partial charge in [0.15, 0.2) is 0 Å². The molecule has 0 bridgehead atoms. The van der Waals surface area contributed by atoms with E-state index in [1.54, 1.807) is 0 Å². The lowest BCUT2D eigenvalue weighted by Crippen LogP contribution is -2.01. The quantitative estimate of drug-likeness (QED) is 0.654. The van der Waals surface area contributed by atoms with E-state index in [1.165, 1.54) is 0 Å². The summed E-state index contributed by atoms with van der Waals surface area (Å²) in [6.45, 7) is 10.3. The van der Waals surface area contributed by atoms with Crippen LogP contribution in [0.4, 0.5) is 0 Å². The second-order valence-electron chi connectivity index (χ2n) is 6.50. The Morgan fingerprint density at radius 1 is 0.800 bits per heavy atom. The van der Waals surface area contributed by atoms with E-state index in [1.807, 2.05) is 39.0 Å². The van der Waals surface area contributed by atoms with Gasteiger partial charge in [0.2, 0.25) is 5.82 Å². The van der Waals surface area contributed by atoms with Gasteiger partial charge in [0, 0.05) is 39.8 Å². The Bertz CT molecular complexity index is 861. The molecule has 3 aromatic heterocycles. The molecule has 5 heteroatoms. The smallest absolute Gasteiger partial charge is 0.258 e. The first-order valence-corrected chi connectivity index (χ1v) is 8.78. The average Bonchev–Trinajstić information content (AvgIpc) is 3.05. The maximum absolute atomic E-state index is 5.53. The van der Waals surface area contributed by atoms with Crippen molar-refractivity contribution in [1.29, 1.82) is 0 Å². The normalized spacial score (nSPS) is 11.3. The summed E-state index contributed by atoms with van der Waals surface area (Å²) in [6, 6.07) is 8.00. The van der Waals surface area contributed by atoms with Crippen LogP contribution < -0.4 is 0 Å². The third-order valence-corrected chi connectivity index (χ3v) is 4.39. The Morgan fingerprint density at radius 3 is 2.04 bits per heavy atom. The summed E-state index contributed by atoms with van der Waals surface area (Å²) in [5.41, 5.74) is 5.79. The number of pyridine rings is 2. The highest BCUT2D eigenvalue weighted by atomic mass is 16.5. The molecule has 0 N–H and O–H groups in total. The monoisotopic (exact) mass is 336 g/mol. The molecular weight excluding hydrogens is 312 g/mol. The first-order valence-electron chi connectivity index (χ1n) is 8.78. The molecule has 0 atom stereocenters. The molecule has 3 heterocycles. The second kappa shape index (κ2) is 7.13. The van der Waals surface area contributed by atoms with Gasteiger partial charge in [0.25, 0.3) is 5.89 Å². The van der Waals surface area contributed by atoms with E-state index in [0.717, 1.165) is 46.7 Å². The first kappa shape index (κ1) is 17.3. The van der Waals surface area contributed by atoms with Gasteiger partial charge in [-0.2, -0.15) is 4.98 Å². The van der Waals surface area contributed by atoms with Crippen molar-refractivity contribution < 1.29 is 4.52 Å². The Hall–Kier alpha value is -2.56. The highest BCUT2D eigenvalue weighted by Crippen LogP contribution is 2.28. The van der Waals surface area contributed by atoms with Crippen LogP contribution in [-0.4, -0.2) is 20.1 Å². The van der Waals surface area contributed by atoms with Crippen molar-refractivity contribution in [2.24, 2.45) is 0 Å². The molecule has 0 spiro atoms. The molecule has 0 radical (unpaired) electrons. The van der Waals surface area contributed by atoms with Crippen molar-refractivity contribution in [3.63, 3.8) is 0 Å². The zero-order valence-electron chi connectivity index (χ0n) is 15.5. The summed E-state index contributed by atoms with van der Waals surface area (Å²) in [5.74, 6) is 1.56. The second-order valence-corrected chi connectivity index (χ2v) is 6.50. The predicted octanol–water partition coefficient (Wildman–Crippen LogP) is 5.02. The highest BCUT2D eigenvalue weighted by molar-refractivity contribution is 5.60. The van der Waals surface area contributed by atoms with E-state index in [9.17, 15) is 0 Å². The van der Waals surface area contributed by atoms with Gasteiger partial charge in [0.05, 0.1) is 0 Å². The molecule has 0 saturated carbocycles. The SMILES string of the molecule is CCC(CC)c1cc(-c2nc(-c3cc(C)nc(C)c3)no2)cc(C)n1. The van der Waals surface area contributed by atoms with E-state index in [4.69, 9.17) is 9.51 Å². The predicted molar refractivity (Wildman–Crippen MR) is 98.3 cm³/mol. The number of hydrogen-bond donors (Lipinski definition) is 0. The average molecular weight is 336 g/mol. The molecule has 0 aromatic carbocycles. The Kier molecular flexibility index (Phi) is 4.93. The van der Waals surface area contributed by atoms with Gasteiger partial charge < -0.3 is 4.52 Å². The van der Waals surface area contributed by atoms with Crippen LogP contribution in [0.3, 0.4) is 0 Å². The zero-order valence-corrected chi connectivity index (χ0v) is 15.5. The molecule has 0 aliphatic carbocycles. The van der Waals surface area contributed by atoms with Crippen LogP contribution in [0.2, 0.25) is 0 Å². The fraction of sp³-hybridized carbons (Fsp3) is 0.400. The summed E-state index contributed by atoms with van der Waals surface area (Å²) in [7, 11) is 0. The lowest BCUT2D eigenvalue weighted by Gasteiger charge is -2.13. The summed E-state index contributed by atoms with van der Waals surface area (Å²) >= 11 is 0. The van der Waals surface area contributed by atoms with Crippen LogP contribution in [-0.2, 0) is 0 Å². The molecule has 25 heavy (non-hydrogen) atoms. The highest BCUT2D eigenvalue weighted by Gasteiger charge is 2.16. The Labute approximate surface area is 148 Å². The van der Waals surface area contributed by atoms with Gasteiger partial charge in [-0.05, 0) is 57.9 Å². The molecule has 130 valence electrons. The summed E-state index contributed by atoms with van der Waals surface area (Å²) < 4.78 is 5.53. The number of rotatable bonds is 5. The summed E-state index contributed by atoms with van der Waals surface area (Å²) in [4.78, 5) is 13.7. The molecule has 0 saturated heterocycles. The van der Waals surface area contributed by atoms with Crippen LogP contribution >= 0.6 is 0 Å². The number of aromatic nitrogens is 4. The van der Waals surface area contributed by atoms with Crippen molar-refractivity contribution in [2.45, 2.75) is 53.4 Å². The van der Waals surface area contributed by atoms with Crippen LogP contribution in [0.5, 0.6) is 0 Å². The fourth-order valence-electron chi connectivity index (χ4n) is 3.16. The van der Waals surface area contributed by atoms with Crippen molar-refractivity contribution >= 4 is 0 Å². The molecule has 5 nitrogen and oxygen atoms in total. The molecule has 0 aliphatic heterocycles. The molecule has 0 aliphatic rings. The largest absolute Gasteiger partial charge is 0.334 e. The van der Waals surface area contributed by atoms with Crippen LogP contribution in [0.15, 0.2) is 28.8 Å². The first-order chi connectivity index (χ1) is 12.0. The van der Waals surface area contributed by atoms with E-state index in [0.29, 0.717) is 17.6 Å². The van der Waals surface area contributed by atoms with Crippen molar-refractivity contribution in [2.75, 3.05) is 0 Å². The molecule has 0 fully saturated rings. The maximum Gasteiger partial charge on any atom is 0.258 e. The molecule has 0 amide bonds. The fourth-order valence-corrected chi connectivity index (χ4v) is 3.16. The van der Waals surface area contributed by atoms with E-state index in [2.05, 4.69) is 35.0 Å². The van der Waals surface area contributed by atoms with Gasteiger partial charge in [-0.15, -0.1) is 0 Å². The number of hydrogen-bond acceptors (Lipinski definition) is 5. The summed E-state index contributed by atoms with van der Waals surface area (Å²) in [6.07, 6.45) is 2.13. The lowest BCUT2D eigenvalue weighted by molar-refractivity contribution is 0.432. The standard InChI is InChI=1S/C20H24N4O/c1-6-15(7-2)18-11-17(10-14(5)22-18)20-23-19(24-25-20)16-8-12(3)21-13(4)9-16/h8-11,15H,6-7H2,1-5H3. The Balaban J connectivity index is 1.99. The van der Waals surface area contributed by atoms with E-state index >= 15 is 0 Å². The van der Waals surface area contributed by atoms with Gasteiger partial charge in [0.1, 0.15) is 0 Å². The molecule has 3 rings (SSSR count). The maximum atomic E-state index is 5.53. The lowest BCUT2D eigenvalue weighted by atomic mass is 9.97. The third-order valence-electron chi connectivity index (χ3n) is 4.39. The Morgan fingerprint density at radius 2 is 1.40 bits per heavy atom. The van der Waals surface area contributed by atoms with Crippen molar-refractivity contribution in [3.05, 3.63) is 47.0 Å². The number of nitrogens with zero attached hydrogens (tertiary/aromatic N) is 4. The van der Waals surface area contributed by atoms with Gasteiger partial charge in [-0.1, -0.05) is 19.0 Å². The van der Waals surface area contributed by atoms with Gasteiger partial charge >= 0.3 is 0 Å². The molecule has 0 unspecified atom stereocenters. The summed E-state index contributed by atoms with van der Waals surface area (Å²) in [5, 5.41) is 4.16. The van der Waals surface area contributed by atoms with Crippen LogP contribution in [0, 0.1) is 20.8 Å². The molecular formula is C20H24N4O. The molecule has 3 aromatic rings. The van der Waals surface area contributed by atoms with Crippen LogP contribution in [0.1, 0.15) is 55.4 Å². The van der Waals surface area contributed by atoms with Crippen molar-refractivity contribution in [3.8, 4) is 22.8 Å². The van der Waals surface area contributed by atoms with E-state index < -0.39 is 0 Å². The zero-order chi connectivity index (χ0) is 18.0. The van der Waals surface area contributed by atoms with Crippen molar-refractivity contribution in [1.82, 2.24) is 20.1 Å². The third kappa shape index (κ3) is 3.76. The van der Waals surface area contributed by atoms with Crippen LogP contribution in [0.25, 0.3) is 22.8 Å². The number of aryl methyl sites for hydroxylation is 3. The van der Waals surface area contributed by atoms with E-state index in [-0.39, 0.29) is 0 Å². The minimum atomic E-state index is 0.450. The van der Waals surface area contributed by atoms with Gasteiger partial charge in [-0.25, -0.2) is 0 Å².